The first-order valence-corrected chi connectivity index (χ1v) is 9.45. The Morgan fingerprint density at radius 1 is 1.07 bits per heavy atom. The Balaban J connectivity index is 1.27. The van der Waals surface area contributed by atoms with Gasteiger partial charge in [0.25, 0.3) is 0 Å². The van der Waals surface area contributed by atoms with Gasteiger partial charge >= 0.3 is 0 Å². The molecule has 0 spiro atoms. The first kappa shape index (κ1) is 17.2. The quantitative estimate of drug-likeness (QED) is 0.737. The first-order chi connectivity index (χ1) is 13.5. The predicted molar refractivity (Wildman–Crippen MR) is 98.3 cm³/mol. The fourth-order valence-corrected chi connectivity index (χ4v) is 4.45. The molecular formula is C20H22N4O4. The molecule has 1 aromatic heterocycles. The molecule has 3 aliphatic rings. The Bertz CT molecular complexity index is 945. The molecule has 8 nitrogen and oxygen atoms in total. The molecule has 2 saturated heterocycles. The summed E-state index contributed by atoms with van der Waals surface area (Å²) in [7, 11) is 1.90. The van der Waals surface area contributed by atoms with Crippen LogP contribution in [0, 0.1) is 18.8 Å². The number of nitrogens with zero attached hydrogens (tertiary/aromatic N) is 4. The van der Waals surface area contributed by atoms with Gasteiger partial charge in [-0.25, -0.2) is 0 Å². The van der Waals surface area contributed by atoms with Crippen molar-refractivity contribution in [3.05, 3.63) is 41.2 Å². The van der Waals surface area contributed by atoms with Crippen LogP contribution in [0.4, 0.5) is 0 Å². The summed E-state index contributed by atoms with van der Waals surface area (Å²) in [5, 5.41) is 4.37. The van der Waals surface area contributed by atoms with E-state index in [9.17, 15) is 9.59 Å². The predicted octanol–water partition coefficient (Wildman–Crippen LogP) is 1.07. The molecule has 4 heterocycles. The lowest BCUT2D eigenvalue weighted by molar-refractivity contribution is -0.141. The number of amides is 2. The van der Waals surface area contributed by atoms with Crippen LogP contribution >= 0.6 is 0 Å². The molecule has 0 bridgehead atoms. The molecule has 0 aliphatic carbocycles. The SMILES string of the molecule is Cc1nn(C)cc1CN1C[C@@H]2C(=O)N(Cc3ccc4c(c3)OCO4)C(=O)[C@@H]2C1. The number of aromatic nitrogens is 2. The maximum Gasteiger partial charge on any atom is 0.234 e. The van der Waals surface area contributed by atoms with Gasteiger partial charge in [0.1, 0.15) is 0 Å². The molecule has 0 unspecified atom stereocenters. The molecule has 2 aromatic rings. The Hall–Kier alpha value is -2.87. The van der Waals surface area contributed by atoms with E-state index in [1.807, 2.05) is 38.4 Å². The summed E-state index contributed by atoms with van der Waals surface area (Å²) >= 11 is 0. The molecule has 1 aromatic carbocycles. The average molecular weight is 382 g/mol. The second kappa shape index (κ2) is 6.34. The van der Waals surface area contributed by atoms with Crippen LogP contribution in [0.25, 0.3) is 0 Å². The van der Waals surface area contributed by atoms with Crippen LogP contribution in [0.3, 0.4) is 0 Å². The van der Waals surface area contributed by atoms with Crippen LogP contribution in [-0.2, 0) is 29.7 Å². The third kappa shape index (κ3) is 2.75. The van der Waals surface area contributed by atoms with Gasteiger partial charge in [0.15, 0.2) is 11.5 Å². The molecule has 146 valence electrons. The highest BCUT2D eigenvalue weighted by molar-refractivity contribution is 6.05. The Morgan fingerprint density at radius 3 is 2.46 bits per heavy atom. The highest BCUT2D eigenvalue weighted by Crippen LogP contribution is 2.37. The van der Waals surface area contributed by atoms with Crippen molar-refractivity contribution in [1.29, 1.82) is 0 Å². The van der Waals surface area contributed by atoms with Crippen molar-refractivity contribution in [3.8, 4) is 11.5 Å². The minimum absolute atomic E-state index is 0.0712. The molecule has 0 saturated carbocycles. The van der Waals surface area contributed by atoms with E-state index in [4.69, 9.17) is 9.47 Å². The zero-order chi connectivity index (χ0) is 19.4. The molecule has 2 amide bonds. The van der Waals surface area contributed by atoms with Crippen molar-refractivity contribution in [2.75, 3.05) is 19.9 Å². The van der Waals surface area contributed by atoms with Crippen molar-refractivity contribution < 1.29 is 19.1 Å². The van der Waals surface area contributed by atoms with E-state index in [2.05, 4.69) is 10.00 Å². The molecule has 28 heavy (non-hydrogen) atoms. The average Bonchev–Trinajstić information content (AvgIpc) is 3.40. The normalized spacial score (nSPS) is 23.7. The number of benzene rings is 1. The number of ether oxygens (including phenoxy) is 2. The largest absolute Gasteiger partial charge is 0.454 e. The lowest BCUT2D eigenvalue weighted by atomic mass is 10.00. The van der Waals surface area contributed by atoms with E-state index in [1.54, 1.807) is 4.68 Å². The summed E-state index contributed by atoms with van der Waals surface area (Å²) in [6, 6.07) is 5.54. The van der Waals surface area contributed by atoms with Gasteiger partial charge in [0.05, 0.1) is 24.1 Å². The Labute approximate surface area is 162 Å². The lowest BCUT2D eigenvalue weighted by Gasteiger charge is -2.20. The van der Waals surface area contributed by atoms with Crippen LogP contribution in [0.5, 0.6) is 11.5 Å². The monoisotopic (exact) mass is 382 g/mol. The number of fused-ring (bicyclic) bond motifs is 2. The zero-order valence-corrected chi connectivity index (χ0v) is 15.9. The topological polar surface area (TPSA) is 76.9 Å². The number of rotatable bonds is 4. The van der Waals surface area contributed by atoms with Crippen molar-refractivity contribution in [3.63, 3.8) is 0 Å². The van der Waals surface area contributed by atoms with Gasteiger partial charge in [0, 0.05) is 38.4 Å². The maximum absolute atomic E-state index is 12.9. The van der Waals surface area contributed by atoms with E-state index in [0.717, 1.165) is 23.4 Å². The fraction of sp³-hybridized carbons (Fsp3) is 0.450. The number of aryl methyl sites for hydroxylation is 2. The zero-order valence-electron chi connectivity index (χ0n) is 15.9. The molecule has 2 fully saturated rings. The minimum Gasteiger partial charge on any atom is -0.454 e. The van der Waals surface area contributed by atoms with Crippen LogP contribution in [0.15, 0.2) is 24.4 Å². The number of carbonyl (C=O) groups excluding carboxylic acids is 2. The van der Waals surface area contributed by atoms with E-state index in [0.29, 0.717) is 24.6 Å². The first-order valence-electron chi connectivity index (χ1n) is 9.45. The summed E-state index contributed by atoms with van der Waals surface area (Å²) in [6.07, 6.45) is 2.00. The van der Waals surface area contributed by atoms with Crippen molar-refractivity contribution in [2.45, 2.75) is 20.0 Å². The van der Waals surface area contributed by atoms with Crippen LogP contribution < -0.4 is 9.47 Å². The lowest BCUT2D eigenvalue weighted by Crippen LogP contribution is -2.35. The minimum atomic E-state index is -0.251. The molecule has 2 atom stereocenters. The summed E-state index contributed by atoms with van der Waals surface area (Å²) in [5.74, 6) is 0.712. The Morgan fingerprint density at radius 2 is 1.79 bits per heavy atom. The third-order valence-corrected chi connectivity index (χ3v) is 5.85. The number of carbonyl (C=O) groups is 2. The fourth-order valence-electron chi connectivity index (χ4n) is 4.45. The maximum atomic E-state index is 12.9. The van der Waals surface area contributed by atoms with Gasteiger partial charge < -0.3 is 9.47 Å². The molecule has 5 rings (SSSR count). The van der Waals surface area contributed by atoms with E-state index in [1.165, 1.54) is 4.90 Å². The highest BCUT2D eigenvalue weighted by Gasteiger charge is 2.52. The van der Waals surface area contributed by atoms with Crippen molar-refractivity contribution in [2.24, 2.45) is 18.9 Å². The third-order valence-electron chi connectivity index (χ3n) is 5.85. The van der Waals surface area contributed by atoms with E-state index < -0.39 is 0 Å². The van der Waals surface area contributed by atoms with Gasteiger partial charge in [-0.15, -0.1) is 0 Å². The summed E-state index contributed by atoms with van der Waals surface area (Å²) in [5.41, 5.74) is 3.00. The summed E-state index contributed by atoms with van der Waals surface area (Å²) in [6.45, 7) is 4.41. The second-order valence-electron chi connectivity index (χ2n) is 7.77. The molecular weight excluding hydrogens is 360 g/mol. The molecule has 3 aliphatic heterocycles. The van der Waals surface area contributed by atoms with E-state index >= 15 is 0 Å². The molecule has 8 heteroatoms. The van der Waals surface area contributed by atoms with Crippen LogP contribution in [-0.4, -0.2) is 51.3 Å². The summed E-state index contributed by atoms with van der Waals surface area (Å²) < 4.78 is 12.5. The summed E-state index contributed by atoms with van der Waals surface area (Å²) in [4.78, 5) is 29.4. The Kier molecular flexibility index (Phi) is 3.90. The van der Waals surface area contributed by atoms with E-state index in [-0.39, 0.29) is 37.0 Å². The van der Waals surface area contributed by atoms with Gasteiger partial charge in [-0.05, 0) is 24.6 Å². The van der Waals surface area contributed by atoms with Gasteiger partial charge in [-0.2, -0.15) is 5.10 Å². The number of likely N-dealkylation sites (tertiary alicyclic amines) is 2. The smallest absolute Gasteiger partial charge is 0.234 e. The van der Waals surface area contributed by atoms with Gasteiger partial charge in [0.2, 0.25) is 18.6 Å². The standard InChI is InChI=1S/C20H22N4O4/c1-12-14(7-22(2)21-12)8-23-9-15-16(10-23)20(26)24(19(15)25)6-13-3-4-17-18(5-13)28-11-27-17/h3-5,7,15-16H,6,8-11H2,1-2H3/t15-,16+. The number of hydrogen-bond acceptors (Lipinski definition) is 6. The number of imide groups is 1. The van der Waals surface area contributed by atoms with Crippen LogP contribution in [0.1, 0.15) is 16.8 Å². The van der Waals surface area contributed by atoms with Crippen LogP contribution in [0.2, 0.25) is 0 Å². The van der Waals surface area contributed by atoms with Crippen molar-refractivity contribution in [1.82, 2.24) is 19.6 Å². The second-order valence-corrected chi connectivity index (χ2v) is 7.77. The van der Waals surface area contributed by atoms with Gasteiger partial charge in [-0.3, -0.25) is 24.1 Å². The molecule has 0 radical (unpaired) electrons. The molecule has 0 N–H and O–H groups in total. The number of hydrogen-bond donors (Lipinski definition) is 0. The van der Waals surface area contributed by atoms with Crippen molar-refractivity contribution >= 4 is 11.8 Å². The highest BCUT2D eigenvalue weighted by atomic mass is 16.7. The van der Waals surface area contributed by atoms with Gasteiger partial charge in [-0.1, -0.05) is 6.07 Å².